The highest BCUT2D eigenvalue weighted by Crippen LogP contribution is 2.28. The Morgan fingerprint density at radius 1 is 0.971 bits per heavy atom. The van der Waals surface area contributed by atoms with E-state index in [1.54, 1.807) is 26.2 Å². The number of amides is 1. The fourth-order valence-electron chi connectivity index (χ4n) is 4.02. The maximum atomic E-state index is 13.6. The summed E-state index contributed by atoms with van der Waals surface area (Å²) in [5, 5.41) is 2.98. The molecule has 0 aliphatic carbocycles. The van der Waals surface area contributed by atoms with E-state index in [0.717, 1.165) is 22.4 Å². The number of nitrogens with zero attached hydrogens (tertiary/aromatic N) is 1. The zero-order chi connectivity index (χ0) is 25.6. The van der Waals surface area contributed by atoms with E-state index in [-0.39, 0.29) is 29.8 Å². The standard InChI is InChI=1S/C28H34N2O4S/c1-20(2)25-13-9-10-21(3)28(25)29-27(31)19-30(17-16-23-11-7-6-8-12-23)35(32,33)24-14-15-26(34-5)22(4)18-24/h6-15,18,20H,16-17,19H2,1-5H3,(H,29,31). The topological polar surface area (TPSA) is 75.7 Å². The Hall–Kier alpha value is -3.16. The van der Waals surface area contributed by atoms with Crippen LogP contribution in [0.3, 0.4) is 0 Å². The van der Waals surface area contributed by atoms with Crippen molar-refractivity contribution < 1.29 is 17.9 Å². The fraction of sp³-hybridized carbons (Fsp3) is 0.321. The van der Waals surface area contributed by atoms with Crippen LogP contribution in [-0.4, -0.2) is 38.8 Å². The van der Waals surface area contributed by atoms with Gasteiger partial charge in [0.15, 0.2) is 0 Å². The Balaban J connectivity index is 1.90. The van der Waals surface area contributed by atoms with Crippen LogP contribution in [0.25, 0.3) is 0 Å². The molecule has 0 heterocycles. The first-order chi connectivity index (χ1) is 16.6. The molecule has 0 unspecified atom stereocenters. The van der Waals surface area contributed by atoms with E-state index in [9.17, 15) is 13.2 Å². The number of carbonyl (C=O) groups excluding carboxylic acids is 1. The van der Waals surface area contributed by atoms with E-state index in [4.69, 9.17) is 4.74 Å². The van der Waals surface area contributed by atoms with Crippen molar-refractivity contribution in [1.29, 1.82) is 0 Å². The Morgan fingerprint density at radius 2 is 1.69 bits per heavy atom. The lowest BCUT2D eigenvalue weighted by Crippen LogP contribution is -2.39. The number of hydrogen-bond donors (Lipinski definition) is 1. The fourth-order valence-corrected chi connectivity index (χ4v) is 5.51. The number of sulfonamides is 1. The van der Waals surface area contributed by atoms with Gasteiger partial charge in [-0.3, -0.25) is 4.79 Å². The van der Waals surface area contributed by atoms with Crippen LogP contribution >= 0.6 is 0 Å². The van der Waals surface area contributed by atoms with Gasteiger partial charge in [0, 0.05) is 12.2 Å². The van der Waals surface area contributed by atoms with E-state index in [2.05, 4.69) is 19.2 Å². The lowest BCUT2D eigenvalue weighted by Gasteiger charge is -2.23. The molecule has 1 amide bonds. The monoisotopic (exact) mass is 494 g/mol. The Morgan fingerprint density at radius 3 is 2.31 bits per heavy atom. The molecule has 0 saturated heterocycles. The molecule has 0 radical (unpaired) electrons. The molecule has 3 aromatic rings. The van der Waals surface area contributed by atoms with Crippen LogP contribution < -0.4 is 10.1 Å². The van der Waals surface area contributed by atoms with E-state index < -0.39 is 10.0 Å². The van der Waals surface area contributed by atoms with Crippen molar-refractivity contribution in [2.45, 2.75) is 44.9 Å². The highest BCUT2D eigenvalue weighted by atomic mass is 32.2. The minimum atomic E-state index is -3.93. The minimum Gasteiger partial charge on any atom is -0.496 e. The molecule has 0 fully saturated rings. The van der Waals surface area contributed by atoms with Gasteiger partial charge in [-0.15, -0.1) is 0 Å². The van der Waals surface area contributed by atoms with E-state index in [0.29, 0.717) is 17.7 Å². The molecule has 0 bridgehead atoms. The van der Waals surface area contributed by atoms with E-state index in [1.807, 2.05) is 55.5 Å². The van der Waals surface area contributed by atoms with Crippen LogP contribution in [0, 0.1) is 13.8 Å². The van der Waals surface area contributed by atoms with E-state index >= 15 is 0 Å². The summed E-state index contributed by atoms with van der Waals surface area (Å²) in [7, 11) is -2.38. The summed E-state index contributed by atoms with van der Waals surface area (Å²) in [4.78, 5) is 13.3. The first kappa shape index (κ1) is 26.4. The smallest absolute Gasteiger partial charge is 0.243 e. The number of anilines is 1. The largest absolute Gasteiger partial charge is 0.496 e. The molecule has 0 aliphatic heterocycles. The van der Waals surface area contributed by atoms with Crippen molar-refractivity contribution in [3.05, 3.63) is 89.0 Å². The molecule has 186 valence electrons. The summed E-state index contributed by atoms with van der Waals surface area (Å²) in [6, 6.07) is 20.3. The molecule has 3 aromatic carbocycles. The summed E-state index contributed by atoms with van der Waals surface area (Å²) in [5.74, 6) is 0.451. The first-order valence-corrected chi connectivity index (χ1v) is 13.2. The van der Waals surface area contributed by atoms with Crippen molar-refractivity contribution in [1.82, 2.24) is 4.31 Å². The first-order valence-electron chi connectivity index (χ1n) is 11.7. The van der Waals surface area contributed by atoms with Gasteiger partial charge in [0.05, 0.1) is 18.6 Å². The summed E-state index contributed by atoms with van der Waals surface area (Å²) >= 11 is 0. The molecule has 0 saturated carbocycles. The highest BCUT2D eigenvalue weighted by molar-refractivity contribution is 7.89. The zero-order valence-electron chi connectivity index (χ0n) is 21.0. The van der Waals surface area contributed by atoms with Crippen molar-refractivity contribution in [2.75, 3.05) is 25.5 Å². The molecule has 35 heavy (non-hydrogen) atoms. The Kier molecular flexibility index (Phi) is 8.70. The lowest BCUT2D eigenvalue weighted by molar-refractivity contribution is -0.116. The summed E-state index contributed by atoms with van der Waals surface area (Å²) in [6.07, 6.45) is 0.490. The summed E-state index contributed by atoms with van der Waals surface area (Å²) in [5.41, 5.74) is 4.41. The third-order valence-corrected chi connectivity index (χ3v) is 7.85. The lowest BCUT2D eigenvalue weighted by atomic mass is 9.98. The average Bonchev–Trinajstić information content (AvgIpc) is 2.83. The number of rotatable bonds is 10. The quantitative estimate of drug-likeness (QED) is 0.415. The van der Waals surface area contributed by atoms with Gasteiger partial charge in [-0.25, -0.2) is 8.42 Å². The predicted molar refractivity (Wildman–Crippen MR) is 141 cm³/mol. The van der Waals surface area contributed by atoms with Gasteiger partial charge in [-0.2, -0.15) is 4.31 Å². The normalized spacial score (nSPS) is 11.6. The maximum absolute atomic E-state index is 13.6. The molecule has 0 atom stereocenters. The Labute approximate surface area is 209 Å². The van der Waals surface area contributed by atoms with Gasteiger partial charge in [0.1, 0.15) is 5.75 Å². The number of methoxy groups -OCH3 is 1. The number of para-hydroxylation sites is 1. The van der Waals surface area contributed by atoms with E-state index in [1.165, 1.54) is 10.4 Å². The van der Waals surface area contributed by atoms with Crippen molar-refractivity contribution in [3.8, 4) is 5.75 Å². The average molecular weight is 495 g/mol. The molecular formula is C28H34N2O4S. The molecule has 0 aromatic heterocycles. The van der Waals surface area contributed by atoms with Gasteiger partial charge < -0.3 is 10.1 Å². The molecule has 1 N–H and O–H groups in total. The number of nitrogens with one attached hydrogen (secondary N) is 1. The van der Waals surface area contributed by atoms with Crippen LogP contribution in [-0.2, 0) is 21.2 Å². The van der Waals surface area contributed by atoms with Crippen LogP contribution in [0.1, 0.15) is 42.0 Å². The van der Waals surface area contributed by atoms with Crippen molar-refractivity contribution in [2.24, 2.45) is 0 Å². The Bertz CT molecular complexity index is 1270. The van der Waals surface area contributed by atoms with Gasteiger partial charge in [-0.05, 0) is 66.6 Å². The molecule has 0 spiro atoms. The van der Waals surface area contributed by atoms with Crippen molar-refractivity contribution in [3.63, 3.8) is 0 Å². The van der Waals surface area contributed by atoms with Crippen LogP contribution in [0.5, 0.6) is 5.75 Å². The van der Waals surface area contributed by atoms with Gasteiger partial charge in [0.25, 0.3) is 0 Å². The highest BCUT2D eigenvalue weighted by Gasteiger charge is 2.27. The number of benzene rings is 3. The molecule has 7 heteroatoms. The molecular weight excluding hydrogens is 460 g/mol. The summed E-state index contributed by atoms with van der Waals surface area (Å²) < 4.78 is 33.8. The summed E-state index contributed by atoms with van der Waals surface area (Å²) in [6.45, 7) is 7.75. The number of hydrogen-bond acceptors (Lipinski definition) is 4. The van der Waals surface area contributed by atoms with Gasteiger partial charge >= 0.3 is 0 Å². The molecule has 6 nitrogen and oxygen atoms in total. The predicted octanol–water partition coefficient (Wildman–Crippen LogP) is 5.31. The maximum Gasteiger partial charge on any atom is 0.243 e. The van der Waals surface area contributed by atoms with Crippen LogP contribution in [0.15, 0.2) is 71.6 Å². The second-order valence-corrected chi connectivity index (χ2v) is 10.9. The van der Waals surface area contributed by atoms with Gasteiger partial charge in [-0.1, -0.05) is 62.4 Å². The van der Waals surface area contributed by atoms with Crippen LogP contribution in [0.2, 0.25) is 0 Å². The number of ether oxygens (including phenoxy) is 1. The SMILES string of the molecule is COc1ccc(S(=O)(=O)N(CCc2ccccc2)CC(=O)Nc2c(C)cccc2C(C)C)cc1C. The second kappa shape index (κ2) is 11.5. The van der Waals surface area contributed by atoms with Crippen LogP contribution in [0.4, 0.5) is 5.69 Å². The number of carbonyl (C=O) groups is 1. The minimum absolute atomic E-state index is 0.135. The second-order valence-electron chi connectivity index (χ2n) is 8.95. The third kappa shape index (κ3) is 6.50. The molecule has 0 aliphatic rings. The van der Waals surface area contributed by atoms with Gasteiger partial charge in [0.2, 0.25) is 15.9 Å². The zero-order valence-corrected chi connectivity index (χ0v) is 21.9. The number of aryl methyl sites for hydroxylation is 2. The molecule has 3 rings (SSSR count). The van der Waals surface area contributed by atoms with Crippen molar-refractivity contribution >= 4 is 21.6 Å². The third-order valence-electron chi connectivity index (χ3n) is 6.01.